The van der Waals surface area contributed by atoms with Gasteiger partial charge in [-0.15, -0.1) is 0 Å². The summed E-state index contributed by atoms with van der Waals surface area (Å²) in [7, 11) is 1.23. The van der Waals surface area contributed by atoms with Crippen LogP contribution in [0.4, 0.5) is 4.79 Å². The molecule has 1 aromatic rings. The van der Waals surface area contributed by atoms with Gasteiger partial charge in [-0.3, -0.25) is 0 Å². The number of hydrogen-bond donors (Lipinski definition) is 1. The SMILES string of the molecule is COC(C)c1ccc(CCNC(=O)OC(C)(C)C)cc1B1OC(C)(C)C(C)(C)O1. The van der Waals surface area contributed by atoms with Crippen LogP contribution in [0.5, 0.6) is 0 Å². The highest BCUT2D eigenvalue weighted by Gasteiger charge is 2.52. The van der Waals surface area contributed by atoms with Crippen LogP contribution in [0.3, 0.4) is 0 Å². The molecule has 0 aliphatic carbocycles. The highest BCUT2D eigenvalue weighted by molar-refractivity contribution is 6.62. The number of benzene rings is 1. The fourth-order valence-corrected chi connectivity index (χ4v) is 3.07. The second-order valence-electron chi connectivity index (χ2n) is 9.61. The van der Waals surface area contributed by atoms with Crippen molar-refractivity contribution in [3.05, 3.63) is 29.3 Å². The first kappa shape index (κ1) is 23.7. The monoisotopic (exact) mass is 405 g/mol. The van der Waals surface area contributed by atoms with Crippen LogP contribution in [0.2, 0.25) is 0 Å². The summed E-state index contributed by atoms with van der Waals surface area (Å²) in [5.41, 5.74) is 1.74. The number of carbonyl (C=O) groups is 1. The van der Waals surface area contributed by atoms with E-state index in [4.69, 9.17) is 18.8 Å². The average Bonchev–Trinajstić information content (AvgIpc) is 2.80. The maximum absolute atomic E-state index is 11.9. The minimum absolute atomic E-state index is 0.0852. The number of rotatable bonds is 6. The van der Waals surface area contributed by atoms with Crippen LogP contribution in [0, 0.1) is 0 Å². The Kier molecular flexibility index (Phi) is 7.08. The maximum Gasteiger partial charge on any atom is 0.495 e. The molecule has 1 saturated heterocycles. The molecule has 1 aliphatic heterocycles. The Morgan fingerprint density at radius 1 is 1.17 bits per heavy atom. The molecular weight excluding hydrogens is 369 g/mol. The smallest absolute Gasteiger partial charge is 0.444 e. The Bertz CT molecular complexity index is 710. The van der Waals surface area contributed by atoms with Crippen molar-refractivity contribution >= 4 is 18.7 Å². The second-order valence-corrected chi connectivity index (χ2v) is 9.61. The molecule has 29 heavy (non-hydrogen) atoms. The molecule has 1 aromatic carbocycles. The van der Waals surface area contributed by atoms with Gasteiger partial charge in [-0.25, -0.2) is 4.79 Å². The first-order valence-corrected chi connectivity index (χ1v) is 10.2. The molecule has 1 amide bonds. The molecule has 1 N–H and O–H groups in total. The van der Waals surface area contributed by atoms with Gasteiger partial charge >= 0.3 is 13.2 Å². The Morgan fingerprint density at radius 2 is 1.76 bits per heavy atom. The van der Waals surface area contributed by atoms with Crippen LogP contribution in [0.25, 0.3) is 0 Å². The summed E-state index contributed by atoms with van der Waals surface area (Å²) < 4.78 is 23.4. The summed E-state index contributed by atoms with van der Waals surface area (Å²) in [5.74, 6) is 0. The van der Waals surface area contributed by atoms with Gasteiger partial charge in [0.2, 0.25) is 0 Å². The van der Waals surface area contributed by atoms with E-state index in [9.17, 15) is 4.79 Å². The Labute approximate surface area is 175 Å². The molecule has 0 aromatic heterocycles. The molecule has 1 heterocycles. The van der Waals surface area contributed by atoms with Crippen molar-refractivity contribution in [3.63, 3.8) is 0 Å². The van der Waals surface area contributed by atoms with Crippen molar-refractivity contribution < 1.29 is 23.6 Å². The first-order chi connectivity index (χ1) is 13.3. The predicted octanol–water partition coefficient (Wildman–Crippen LogP) is 3.76. The van der Waals surface area contributed by atoms with E-state index >= 15 is 0 Å². The zero-order valence-electron chi connectivity index (χ0n) is 19.3. The van der Waals surface area contributed by atoms with Gasteiger partial charge in [-0.2, -0.15) is 0 Å². The third-order valence-corrected chi connectivity index (χ3v) is 5.53. The third kappa shape index (κ3) is 5.97. The molecule has 0 bridgehead atoms. The first-order valence-electron chi connectivity index (χ1n) is 10.2. The number of hydrogen-bond acceptors (Lipinski definition) is 5. The number of ether oxygens (including phenoxy) is 2. The molecule has 162 valence electrons. The molecule has 0 radical (unpaired) electrons. The van der Waals surface area contributed by atoms with E-state index in [1.165, 1.54) is 0 Å². The zero-order valence-corrected chi connectivity index (χ0v) is 19.3. The van der Waals surface area contributed by atoms with Crippen molar-refractivity contribution in [1.29, 1.82) is 0 Å². The number of alkyl carbamates (subject to hydrolysis) is 1. The quantitative estimate of drug-likeness (QED) is 0.730. The second kappa shape index (κ2) is 8.66. The fourth-order valence-electron chi connectivity index (χ4n) is 3.07. The van der Waals surface area contributed by atoms with Crippen LogP contribution in [0.15, 0.2) is 18.2 Å². The van der Waals surface area contributed by atoms with Gasteiger partial charge in [0.1, 0.15) is 5.60 Å². The van der Waals surface area contributed by atoms with Crippen LogP contribution in [-0.2, 0) is 25.2 Å². The van der Waals surface area contributed by atoms with E-state index in [1.807, 2.05) is 55.4 Å². The Hall–Kier alpha value is -1.57. The normalized spacial score (nSPS) is 19.1. The van der Waals surface area contributed by atoms with Crippen molar-refractivity contribution in [2.75, 3.05) is 13.7 Å². The number of nitrogens with one attached hydrogen (secondary N) is 1. The molecule has 1 aliphatic rings. The van der Waals surface area contributed by atoms with E-state index in [1.54, 1.807) is 7.11 Å². The summed E-state index contributed by atoms with van der Waals surface area (Å²) in [6.07, 6.45) is 0.180. The molecule has 0 spiro atoms. The lowest BCUT2D eigenvalue weighted by molar-refractivity contribution is 0.00578. The van der Waals surface area contributed by atoms with E-state index in [2.05, 4.69) is 23.5 Å². The molecule has 6 nitrogen and oxygen atoms in total. The van der Waals surface area contributed by atoms with Crippen molar-refractivity contribution in [2.45, 2.75) is 84.7 Å². The summed E-state index contributed by atoms with van der Waals surface area (Å²) >= 11 is 0. The van der Waals surface area contributed by atoms with E-state index in [0.29, 0.717) is 13.0 Å². The largest absolute Gasteiger partial charge is 0.495 e. The number of carbonyl (C=O) groups excluding carboxylic acids is 1. The molecule has 7 heteroatoms. The van der Waals surface area contributed by atoms with Gasteiger partial charge < -0.3 is 24.1 Å². The van der Waals surface area contributed by atoms with Gasteiger partial charge in [0.15, 0.2) is 0 Å². The van der Waals surface area contributed by atoms with Crippen molar-refractivity contribution in [3.8, 4) is 0 Å². The summed E-state index contributed by atoms with van der Waals surface area (Å²) in [5, 5.41) is 2.80. The Balaban J connectivity index is 2.17. The highest BCUT2D eigenvalue weighted by atomic mass is 16.7. The van der Waals surface area contributed by atoms with Crippen molar-refractivity contribution in [2.24, 2.45) is 0 Å². The average molecular weight is 405 g/mol. The van der Waals surface area contributed by atoms with Gasteiger partial charge in [0.25, 0.3) is 0 Å². The fraction of sp³-hybridized carbons (Fsp3) is 0.682. The van der Waals surface area contributed by atoms with Crippen LogP contribution in [-0.4, -0.2) is 43.7 Å². The van der Waals surface area contributed by atoms with Gasteiger partial charge in [-0.05, 0) is 78.4 Å². The van der Waals surface area contributed by atoms with Crippen molar-refractivity contribution in [1.82, 2.24) is 5.32 Å². The van der Waals surface area contributed by atoms with Crippen LogP contribution in [0.1, 0.15) is 72.6 Å². The summed E-state index contributed by atoms with van der Waals surface area (Å²) in [6.45, 7) is 16.2. The zero-order chi connectivity index (χ0) is 22.0. The Morgan fingerprint density at radius 3 is 2.28 bits per heavy atom. The lowest BCUT2D eigenvalue weighted by atomic mass is 9.74. The minimum Gasteiger partial charge on any atom is -0.444 e. The van der Waals surface area contributed by atoms with Gasteiger partial charge in [0, 0.05) is 13.7 Å². The summed E-state index contributed by atoms with van der Waals surface area (Å²) in [4.78, 5) is 11.9. The minimum atomic E-state index is -0.508. The number of methoxy groups -OCH3 is 1. The highest BCUT2D eigenvalue weighted by Crippen LogP contribution is 2.37. The molecule has 0 saturated carbocycles. The standard InChI is InChI=1S/C22H36BNO5/c1-15(26-9)17-11-10-16(12-13-24-19(25)27-20(2,3)4)14-18(17)23-28-21(5,6)22(7,8)29-23/h10-11,14-15H,12-13H2,1-9H3,(H,24,25). The van der Waals surface area contributed by atoms with E-state index in [-0.39, 0.29) is 6.10 Å². The predicted molar refractivity (Wildman–Crippen MR) is 116 cm³/mol. The lowest BCUT2D eigenvalue weighted by Gasteiger charge is -2.32. The summed E-state index contributed by atoms with van der Waals surface area (Å²) in [6, 6.07) is 6.19. The van der Waals surface area contributed by atoms with Crippen LogP contribution >= 0.6 is 0 Å². The molecule has 1 atom stereocenters. The molecule has 2 rings (SSSR count). The molecule has 1 fully saturated rings. The maximum atomic E-state index is 11.9. The van der Waals surface area contributed by atoms with Crippen LogP contribution < -0.4 is 10.8 Å². The van der Waals surface area contributed by atoms with Gasteiger partial charge in [-0.1, -0.05) is 18.2 Å². The number of amides is 1. The van der Waals surface area contributed by atoms with Gasteiger partial charge in [0.05, 0.1) is 17.3 Å². The van der Waals surface area contributed by atoms with E-state index in [0.717, 1.165) is 16.6 Å². The van der Waals surface area contributed by atoms with E-state index < -0.39 is 30.0 Å². The molecular formula is C22H36BNO5. The third-order valence-electron chi connectivity index (χ3n) is 5.53. The topological polar surface area (TPSA) is 66.0 Å². The lowest BCUT2D eigenvalue weighted by Crippen LogP contribution is -2.41. The molecule has 1 unspecified atom stereocenters.